The SMILES string of the molecule is C=CN1CC(C)(C)C1. The summed E-state index contributed by atoms with van der Waals surface area (Å²) in [6, 6.07) is 0. The molecule has 0 radical (unpaired) electrons. The molecule has 0 amide bonds. The van der Waals surface area contributed by atoms with Crippen molar-refractivity contribution in [1.82, 2.24) is 4.90 Å². The van der Waals surface area contributed by atoms with Crippen molar-refractivity contribution < 1.29 is 0 Å². The quantitative estimate of drug-likeness (QED) is 0.495. The molecule has 0 atom stereocenters. The normalized spacial score (nSPS) is 24.5. The maximum atomic E-state index is 3.67. The fourth-order valence-electron chi connectivity index (χ4n) is 1.18. The van der Waals surface area contributed by atoms with Crippen molar-refractivity contribution in [3.8, 4) is 0 Å². The average Bonchev–Trinajstić information content (AvgIpc) is 1.60. The van der Waals surface area contributed by atoms with Gasteiger partial charge in [0.25, 0.3) is 0 Å². The van der Waals surface area contributed by atoms with E-state index in [1.807, 2.05) is 6.20 Å². The fourth-order valence-corrected chi connectivity index (χ4v) is 1.18. The van der Waals surface area contributed by atoms with Gasteiger partial charge in [0.1, 0.15) is 0 Å². The zero-order chi connectivity index (χ0) is 6.20. The molecule has 1 nitrogen and oxygen atoms in total. The Kier molecular flexibility index (Phi) is 1.07. The maximum absolute atomic E-state index is 3.67. The molecular formula is C7H13N. The Morgan fingerprint density at radius 1 is 1.50 bits per heavy atom. The second-order valence-electron chi connectivity index (χ2n) is 3.25. The lowest BCUT2D eigenvalue weighted by molar-refractivity contribution is 0.0779. The molecule has 0 aromatic carbocycles. The molecule has 0 aromatic rings. The van der Waals surface area contributed by atoms with Gasteiger partial charge in [-0.1, -0.05) is 20.4 Å². The molecule has 0 saturated carbocycles. The number of hydrogen-bond donors (Lipinski definition) is 0. The van der Waals surface area contributed by atoms with Gasteiger partial charge in [-0.3, -0.25) is 0 Å². The molecule has 1 saturated heterocycles. The van der Waals surface area contributed by atoms with E-state index in [9.17, 15) is 0 Å². The Labute approximate surface area is 51.0 Å². The number of rotatable bonds is 1. The van der Waals surface area contributed by atoms with Gasteiger partial charge in [-0.15, -0.1) is 0 Å². The van der Waals surface area contributed by atoms with Crippen molar-refractivity contribution in [2.24, 2.45) is 5.41 Å². The first-order valence-electron chi connectivity index (χ1n) is 3.01. The van der Waals surface area contributed by atoms with Crippen LogP contribution in [0, 0.1) is 5.41 Å². The van der Waals surface area contributed by atoms with Crippen LogP contribution in [0.2, 0.25) is 0 Å². The van der Waals surface area contributed by atoms with Gasteiger partial charge in [-0.05, 0) is 11.6 Å². The van der Waals surface area contributed by atoms with E-state index in [0.717, 1.165) is 0 Å². The van der Waals surface area contributed by atoms with E-state index >= 15 is 0 Å². The van der Waals surface area contributed by atoms with E-state index in [0.29, 0.717) is 5.41 Å². The van der Waals surface area contributed by atoms with Crippen molar-refractivity contribution in [2.75, 3.05) is 13.1 Å². The molecule has 0 bridgehead atoms. The summed E-state index contributed by atoms with van der Waals surface area (Å²) < 4.78 is 0. The van der Waals surface area contributed by atoms with Gasteiger partial charge in [0.15, 0.2) is 0 Å². The van der Waals surface area contributed by atoms with Gasteiger partial charge in [0, 0.05) is 13.1 Å². The first-order chi connectivity index (χ1) is 3.64. The molecule has 46 valence electrons. The zero-order valence-corrected chi connectivity index (χ0v) is 5.65. The van der Waals surface area contributed by atoms with Gasteiger partial charge in [-0.2, -0.15) is 0 Å². The van der Waals surface area contributed by atoms with Crippen molar-refractivity contribution in [3.63, 3.8) is 0 Å². The van der Waals surface area contributed by atoms with E-state index in [1.165, 1.54) is 13.1 Å². The second kappa shape index (κ2) is 1.51. The van der Waals surface area contributed by atoms with Crippen LogP contribution >= 0.6 is 0 Å². The number of likely N-dealkylation sites (tertiary alicyclic amines) is 1. The Morgan fingerprint density at radius 2 is 2.00 bits per heavy atom. The Balaban J connectivity index is 2.31. The smallest absolute Gasteiger partial charge is 0.0240 e. The highest BCUT2D eigenvalue weighted by Crippen LogP contribution is 2.27. The molecular weight excluding hydrogens is 98.1 g/mol. The van der Waals surface area contributed by atoms with Crippen LogP contribution in [0.25, 0.3) is 0 Å². The molecule has 0 unspecified atom stereocenters. The summed E-state index contributed by atoms with van der Waals surface area (Å²) >= 11 is 0. The summed E-state index contributed by atoms with van der Waals surface area (Å²) in [5.74, 6) is 0. The summed E-state index contributed by atoms with van der Waals surface area (Å²) in [5.41, 5.74) is 0.550. The van der Waals surface area contributed by atoms with Gasteiger partial charge >= 0.3 is 0 Å². The summed E-state index contributed by atoms with van der Waals surface area (Å²) in [4.78, 5) is 2.22. The van der Waals surface area contributed by atoms with Crippen LogP contribution in [0.3, 0.4) is 0 Å². The van der Waals surface area contributed by atoms with Crippen LogP contribution in [0.4, 0.5) is 0 Å². The molecule has 1 rings (SSSR count). The minimum Gasteiger partial charge on any atom is -0.377 e. The van der Waals surface area contributed by atoms with Crippen LogP contribution < -0.4 is 0 Å². The third-order valence-electron chi connectivity index (χ3n) is 1.52. The molecule has 1 heteroatoms. The van der Waals surface area contributed by atoms with Crippen molar-refractivity contribution in [1.29, 1.82) is 0 Å². The lowest BCUT2D eigenvalue weighted by Gasteiger charge is -2.45. The third kappa shape index (κ3) is 0.857. The van der Waals surface area contributed by atoms with Crippen LogP contribution in [0.1, 0.15) is 13.8 Å². The number of hydrogen-bond acceptors (Lipinski definition) is 1. The highest BCUT2D eigenvalue weighted by atomic mass is 15.2. The third-order valence-corrected chi connectivity index (χ3v) is 1.52. The minimum atomic E-state index is 0.550. The zero-order valence-electron chi connectivity index (χ0n) is 5.65. The monoisotopic (exact) mass is 111 g/mol. The van der Waals surface area contributed by atoms with Gasteiger partial charge < -0.3 is 4.90 Å². The maximum Gasteiger partial charge on any atom is 0.0240 e. The lowest BCUT2D eigenvalue weighted by atomic mass is 9.85. The Bertz CT molecular complexity index is 97.0. The topological polar surface area (TPSA) is 3.24 Å². The molecule has 0 aliphatic carbocycles. The average molecular weight is 111 g/mol. The van der Waals surface area contributed by atoms with Crippen molar-refractivity contribution in [3.05, 3.63) is 12.8 Å². The van der Waals surface area contributed by atoms with Gasteiger partial charge in [0.2, 0.25) is 0 Å². The Morgan fingerprint density at radius 3 is 2.12 bits per heavy atom. The minimum absolute atomic E-state index is 0.550. The molecule has 1 aliphatic heterocycles. The summed E-state index contributed by atoms with van der Waals surface area (Å²) in [6.07, 6.45) is 1.91. The van der Waals surface area contributed by atoms with Crippen molar-refractivity contribution >= 4 is 0 Å². The van der Waals surface area contributed by atoms with E-state index in [2.05, 4.69) is 25.3 Å². The summed E-state index contributed by atoms with van der Waals surface area (Å²) in [6.45, 7) is 10.6. The predicted octanol–water partition coefficient (Wildman–Crippen LogP) is 1.47. The van der Waals surface area contributed by atoms with Crippen LogP contribution in [0.15, 0.2) is 12.8 Å². The van der Waals surface area contributed by atoms with Gasteiger partial charge in [-0.25, -0.2) is 0 Å². The predicted molar refractivity (Wildman–Crippen MR) is 35.6 cm³/mol. The van der Waals surface area contributed by atoms with Crippen LogP contribution in [-0.4, -0.2) is 18.0 Å². The highest BCUT2D eigenvalue weighted by Gasteiger charge is 2.31. The molecule has 1 heterocycles. The molecule has 0 N–H and O–H groups in total. The molecule has 1 aliphatic rings. The summed E-state index contributed by atoms with van der Waals surface area (Å²) in [7, 11) is 0. The fraction of sp³-hybridized carbons (Fsp3) is 0.714. The Hall–Kier alpha value is -0.460. The van der Waals surface area contributed by atoms with E-state index in [4.69, 9.17) is 0 Å². The first kappa shape index (κ1) is 5.67. The molecule has 0 spiro atoms. The van der Waals surface area contributed by atoms with E-state index < -0.39 is 0 Å². The van der Waals surface area contributed by atoms with E-state index in [-0.39, 0.29) is 0 Å². The highest BCUT2D eigenvalue weighted by molar-refractivity contribution is 4.92. The first-order valence-corrected chi connectivity index (χ1v) is 3.01. The standard InChI is InChI=1S/C7H13N/c1-4-8-5-7(2,3)6-8/h4H,1,5-6H2,2-3H3. The van der Waals surface area contributed by atoms with E-state index in [1.54, 1.807) is 0 Å². The lowest BCUT2D eigenvalue weighted by Crippen LogP contribution is -2.49. The number of nitrogens with zero attached hydrogens (tertiary/aromatic N) is 1. The molecule has 8 heavy (non-hydrogen) atoms. The molecule has 0 aromatic heterocycles. The molecule has 1 fully saturated rings. The van der Waals surface area contributed by atoms with Crippen LogP contribution in [-0.2, 0) is 0 Å². The van der Waals surface area contributed by atoms with Gasteiger partial charge in [0.05, 0.1) is 0 Å². The van der Waals surface area contributed by atoms with Crippen LogP contribution in [0.5, 0.6) is 0 Å². The van der Waals surface area contributed by atoms with Crippen molar-refractivity contribution in [2.45, 2.75) is 13.8 Å². The summed E-state index contributed by atoms with van der Waals surface area (Å²) in [5, 5.41) is 0. The largest absolute Gasteiger partial charge is 0.377 e. The second-order valence-corrected chi connectivity index (χ2v) is 3.25.